The Morgan fingerprint density at radius 1 is 1.17 bits per heavy atom. The summed E-state index contributed by atoms with van der Waals surface area (Å²) >= 11 is 0. The van der Waals surface area contributed by atoms with Crippen LogP contribution in [-0.2, 0) is 9.84 Å². The Labute approximate surface area is 113 Å². The molecule has 1 aliphatic rings. The summed E-state index contributed by atoms with van der Waals surface area (Å²) in [6.07, 6.45) is 3.31. The maximum atomic E-state index is 11.7. The minimum Gasteiger partial charge on any atom is -0.312 e. The van der Waals surface area contributed by atoms with E-state index >= 15 is 0 Å². The smallest absolute Gasteiger partial charge is 0.150 e. The van der Waals surface area contributed by atoms with Crippen molar-refractivity contribution in [2.45, 2.75) is 59.4 Å². The zero-order valence-corrected chi connectivity index (χ0v) is 13.4. The first-order valence-electron chi connectivity index (χ1n) is 7.03. The fourth-order valence-corrected chi connectivity index (χ4v) is 3.28. The average Bonchev–Trinajstić information content (AvgIpc) is 3.07. The normalized spacial score (nSPS) is 20.7. The van der Waals surface area contributed by atoms with Crippen LogP contribution in [0.2, 0.25) is 0 Å². The second-order valence-electron chi connectivity index (χ2n) is 7.02. The summed E-state index contributed by atoms with van der Waals surface area (Å²) in [6, 6.07) is 0. The topological polar surface area (TPSA) is 46.2 Å². The van der Waals surface area contributed by atoms with Gasteiger partial charge in [-0.1, -0.05) is 13.8 Å². The number of rotatable bonds is 7. The van der Waals surface area contributed by atoms with Crippen molar-refractivity contribution in [3.8, 4) is 0 Å². The third-order valence-corrected chi connectivity index (χ3v) is 5.72. The van der Waals surface area contributed by atoms with Crippen molar-refractivity contribution >= 4 is 9.84 Å². The van der Waals surface area contributed by atoms with Gasteiger partial charge in [0.1, 0.15) is 9.84 Å². The molecule has 18 heavy (non-hydrogen) atoms. The van der Waals surface area contributed by atoms with Gasteiger partial charge in [0, 0.05) is 17.8 Å². The maximum absolute atomic E-state index is 11.7. The minimum absolute atomic E-state index is 0.0970. The van der Waals surface area contributed by atoms with Crippen LogP contribution in [0.3, 0.4) is 0 Å². The molecule has 0 bridgehead atoms. The van der Waals surface area contributed by atoms with E-state index in [-0.39, 0.29) is 16.7 Å². The van der Waals surface area contributed by atoms with E-state index in [9.17, 15) is 8.42 Å². The van der Waals surface area contributed by atoms with Crippen LogP contribution in [0.4, 0.5) is 0 Å². The molecule has 1 saturated carbocycles. The second-order valence-corrected chi connectivity index (χ2v) is 9.49. The summed E-state index contributed by atoms with van der Waals surface area (Å²) in [5.41, 5.74) is 0.231. The Balaban J connectivity index is 2.58. The monoisotopic (exact) mass is 275 g/mol. The summed E-state index contributed by atoms with van der Waals surface area (Å²) in [4.78, 5) is 0. The van der Waals surface area contributed by atoms with Crippen LogP contribution in [0.15, 0.2) is 0 Å². The van der Waals surface area contributed by atoms with Crippen LogP contribution in [0.25, 0.3) is 0 Å². The fourth-order valence-electron chi connectivity index (χ4n) is 2.22. The van der Waals surface area contributed by atoms with E-state index in [1.54, 1.807) is 6.92 Å². The quantitative estimate of drug-likeness (QED) is 0.777. The summed E-state index contributed by atoms with van der Waals surface area (Å²) in [5, 5.41) is 3.54. The lowest BCUT2D eigenvalue weighted by atomic mass is 9.81. The summed E-state index contributed by atoms with van der Waals surface area (Å²) < 4.78 is 23.3. The first kappa shape index (κ1) is 16.0. The van der Waals surface area contributed by atoms with E-state index in [4.69, 9.17) is 0 Å². The largest absolute Gasteiger partial charge is 0.312 e. The lowest BCUT2D eigenvalue weighted by Gasteiger charge is -2.34. The number of nitrogens with one attached hydrogen (secondary N) is 1. The zero-order chi connectivity index (χ0) is 14.0. The van der Waals surface area contributed by atoms with Crippen LogP contribution < -0.4 is 5.32 Å². The summed E-state index contributed by atoms with van der Waals surface area (Å²) in [5.74, 6) is 1.31. The van der Waals surface area contributed by atoms with E-state index in [0.717, 1.165) is 13.0 Å². The van der Waals surface area contributed by atoms with Crippen LogP contribution in [0.5, 0.6) is 0 Å². The third-order valence-electron chi connectivity index (χ3n) is 4.01. The van der Waals surface area contributed by atoms with Crippen LogP contribution in [0.1, 0.15) is 53.9 Å². The molecule has 0 saturated heterocycles. The standard InChI is InChI=1S/C14H29NO2S/c1-6-18(16,17)10-9-14(5,12-7-8-12)11-15-13(2,3)4/h12,15H,6-11H2,1-5H3. The molecular weight excluding hydrogens is 246 g/mol. The Morgan fingerprint density at radius 3 is 2.11 bits per heavy atom. The molecule has 1 aliphatic carbocycles. The first-order valence-corrected chi connectivity index (χ1v) is 8.85. The van der Waals surface area contributed by atoms with E-state index < -0.39 is 9.84 Å². The highest BCUT2D eigenvalue weighted by Crippen LogP contribution is 2.47. The van der Waals surface area contributed by atoms with Gasteiger partial charge in [0.05, 0.1) is 5.75 Å². The van der Waals surface area contributed by atoms with Crippen LogP contribution in [-0.4, -0.2) is 32.0 Å². The molecule has 0 aliphatic heterocycles. The SMILES string of the molecule is CCS(=O)(=O)CCC(C)(CNC(C)(C)C)C1CC1. The third kappa shape index (κ3) is 5.27. The van der Waals surface area contributed by atoms with Crippen molar-refractivity contribution in [2.75, 3.05) is 18.1 Å². The highest BCUT2D eigenvalue weighted by molar-refractivity contribution is 7.91. The molecule has 4 heteroatoms. The Bertz CT molecular complexity index is 366. The molecule has 0 spiro atoms. The van der Waals surface area contributed by atoms with Gasteiger partial charge in [-0.15, -0.1) is 0 Å². The molecular formula is C14H29NO2S. The van der Waals surface area contributed by atoms with Crippen molar-refractivity contribution in [1.82, 2.24) is 5.32 Å². The molecule has 1 unspecified atom stereocenters. The van der Waals surface area contributed by atoms with E-state index in [2.05, 4.69) is 33.0 Å². The molecule has 1 rings (SSSR count). The molecule has 3 nitrogen and oxygen atoms in total. The van der Waals surface area contributed by atoms with Gasteiger partial charge in [-0.25, -0.2) is 8.42 Å². The molecule has 108 valence electrons. The molecule has 1 atom stereocenters. The van der Waals surface area contributed by atoms with Crippen molar-refractivity contribution in [2.24, 2.45) is 11.3 Å². The van der Waals surface area contributed by atoms with Gasteiger partial charge < -0.3 is 5.32 Å². The average molecular weight is 275 g/mol. The van der Waals surface area contributed by atoms with Crippen LogP contribution >= 0.6 is 0 Å². The predicted octanol–water partition coefficient (Wildman–Crippen LogP) is 2.62. The molecule has 1 N–H and O–H groups in total. The molecule has 0 aromatic rings. The molecule has 0 heterocycles. The predicted molar refractivity (Wildman–Crippen MR) is 77.5 cm³/mol. The first-order chi connectivity index (χ1) is 8.08. The van der Waals surface area contributed by atoms with E-state index in [0.29, 0.717) is 11.7 Å². The van der Waals surface area contributed by atoms with Gasteiger partial charge in [-0.05, 0) is 51.4 Å². The van der Waals surface area contributed by atoms with Crippen molar-refractivity contribution in [1.29, 1.82) is 0 Å². The summed E-state index contributed by atoms with van der Waals surface area (Å²) in [6.45, 7) is 11.4. The maximum Gasteiger partial charge on any atom is 0.150 e. The van der Waals surface area contributed by atoms with Gasteiger partial charge in [0.25, 0.3) is 0 Å². The molecule has 0 amide bonds. The number of sulfone groups is 1. The van der Waals surface area contributed by atoms with E-state index in [1.165, 1.54) is 12.8 Å². The molecule has 0 aromatic carbocycles. The lowest BCUT2D eigenvalue weighted by Crippen LogP contribution is -2.44. The molecule has 0 radical (unpaired) electrons. The van der Waals surface area contributed by atoms with Gasteiger partial charge in [-0.2, -0.15) is 0 Å². The lowest BCUT2D eigenvalue weighted by molar-refractivity contribution is 0.222. The van der Waals surface area contributed by atoms with Crippen LogP contribution in [0, 0.1) is 11.3 Å². The van der Waals surface area contributed by atoms with Gasteiger partial charge in [0.2, 0.25) is 0 Å². The van der Waals surface area contributed by atoms with Gasteiger partial charge in [0.15, 0.2) is 0 Å². The fraction of sp³-hybridized carbons (Fsp3) is 1.00. The Hall–Kier alpha value is -0.0900. The van der Waals surface area contributed by atoms with Crippen molar-refractivity contribution in [3.63, 3.8) is 0 Å². The summed E-state index contributed by atoms with van der Waals surface area (Å²) in [7, 11) is -2.84. The highest BCUT2D eigenvalue weighted by Gasteiger charge is 2.41. The number of hydrogen-bond donors (Lipinski definition) is 1. The second kappa shape index (κ2) is 5.49. The number of hydrogen-bond acceptors (Lipinski definition) is 3. The van der Waals surface area contributed by atoms with Gasteiger partial charge in [-0.3, -0.25) is 0 Å². The van der Waals surface area contributed by atoms with Crippen molar-refractivity contribution < 1.29 is 8.42 Å². The van der Waals surface area contributed by atoms with Gasteiger partial charge >= 0.3 is 0 Å². The molecule has 1 fully saturated rings. The molecule has 0 aromatic heterocycles. The Kier molecular flexibility index (Phi) is 4.87. The van der Waals surface area contributed by atoms with E-state index in [1.807, 2.05) is 0 Å². The van der Waals surface area contributed by atoms with Crippen molar-refractivity contribution in [3.05, 3.63) is 0 Å². The zero-order valence-electron chi connectivity index (χ0n) is 12.5. The minimum atomic E-state index is -2.84. The Morgan fingerprint density at radius 2 is 1.72 bits per heavy atom. The highest BCUT2D eigenvalue weighted by atomic mass is 32.2.